The number of nitrogens with one attached hydrogen (secondary N) is 1. The van der Waals surface area contributed by atoms with Gasteiger partial charge in [-0.05, 0) is 58.7 Å². The highest BCUT2D eigenvalue weighted by Crippen LogP contribution is 2.22. The molecule has 27 heavy (non-hydrogen) atoms. The molecule has 0 aromatic heterocycles. The van der Waals surface area contributed by atoms with Gasteiger partial charge < -0.3 is 15.1 Å². The number of benzene rings is 2. The number of halogens is 1. The van der Waals surface area contributed by atoms with Crippen LogP contribution >= 0.6 is 15.9 Å². The minimum Gasteiger partial charge on any atom is -0.368 e. The van der Waals surface area contributed by atoms with Gasteiger partial charge in [-0.15, -0.1) is 0 Å². The number of carbonyl (C=O) groups is 2. The number of anilines is 2. The summed E-state index contributed by atoms with van der Waals surface area (Å²) in [5.41, 5.74) is 2.47. The van der Waals surface area contributed by atoms with Gasteiger partial charge in [-0.1, -0.05) is 19.1 Å². The van der Waals surface area contributed by atoms with Gasteiger partial charge in [0.1, 0.15) is 0 Å². The number of nitrogens with zero attached hydrogens (tertiary/aromatic N) is 2. The Morgan fingerprint density at radius 2 is 1.67 bits per heavy atom. The van der Waals surface area contributed by atoms with Crippen molar-refractivity contribution in [3.63, 3.8) is 0 Å². The standard InChI is InChI=1S/C21H24BrN3O2/c1-2-5-20(26)25-14-12-24(13-15-25)17-10-8-16(9-11-17)23-21(27)18-6-3-4-7-19(18)22/h3-4,6-11H,2,5,12-15H2,1H3,(H,23,27). The molecule has 0 unspecified atom stereocenters. The maximum absolute atomic E-state index is 12.4. The fraction of sp³-hybridized carbons (Fsp3) is 0.333. The maximum Gasteiger partial charge on any atom is 0.256 e. The molecular weight excluding hydrogens is 406 g/mol. The second kappa shape index (κ2) is 9.04. The lowest BCUT2D eigenvalue weighted by atomic mass is 10.2. The summed E-state index contributed by atoms with van der Waals surface area (Å²) in [5.74, 6) is 0.112. The molecule has 0 aliphatic carbocycles. The van der Waals surface area contributed by atoms with Crippen molar-refractivity contribution in [3.05, 3.63) is 58.6 Å². The van der Waals surface area contributed by atoms with E-state index in [1.165, 1.54) is 0 Å². The molecule has 1 saturated heterocycles. The summed E-state index contributed by atoms with van der Waals surface area (Å²) in [7, 11) is 0. The van der Waals surface area contributed by atoms with Crippen molar-refractivity contribution in [3.8, 4) is 0 Å². The molecule has 3 rings (SSSR count). The van der Waals surface area contributed by atoms with E-state index in [1.807, 2.05) is 54.3 Å². The zero-order valence-electron chi connectivity index (χ0n) is 15.5. The Labute approximate surface area is 168 Å². The molecule has 0 saturated carbocycles. The monoisotopic (exact) mass is 429 g/mol. The van der Waals surface area contributed by atoms with Crippen LogP contribution in [0.1, 0.15) is 30.1 Å². The molecule has 1 aliphatic rings. The van der Waals surface area contributed by atoms with Gasteiger partial charge in [0.15, 0.2) is 0 Å². The van der Waals surface area contributed by atoms with Crippen LogP contribution in [0.25, 0.3) is 0 Å². The predicted molar refractivity (Wildman–Crippen MR) is 112 cm³/mol. The fourth-order valence-electron chi connectivity index (χ4n) is 3.19. The van der Waals surface area contributed by atoms with Gasteiger partial charge in [-0.3, -0.25) is 9.59 Å². The molecule has 1 aliphatic heterocycles. The molecule has 0 radical (unpaired) electrons. The van der Waals surface area contributed by atoms with Crippen LogP contribution in [0.4, 0.5) is 11.4 Å². The maximum atomic E-state index is 12.4. The Hall–Kier alpha value is -2.34. The highest BCUT2D eigenvalue weighted by molar-refractivity contribution is 9.10. The Kier molecular flexibility index (Phi) is 6.50. The molecule has 0 atom stereocenters. The van der Waals surface area contributed by atoms with Crippen molar-refractivity contribution in [2.45, 2.75) is 19.8 Å². The van der Waals surface area contributed by atoms with Crippen LogP contribution in [-0.2, 0) is 4.79 Å². The molecule has 2 amide bonds. The number of rotatable bonds is 5. The zero-order valence-corrected chi connectivity index (χ0v) is 17.0. The van der Waals surface area contributed by atoms with Crippen LogP contribution in [-0.4, -0.2) is 42.9 Å². The smallest absolute Gasteiger partial charge is 0.256 e. The van der Waals surface area contributed by atoms with E-state index in [0.29, 0.717) is 12.0 Å². The highest BCUT2D eigenvalue weighted by atomic mass is 79.9. The third-order valence-electron chi connectivity index (χ3n) is 4.71. The van der Waals surface area contributed by atoms with E-state index in [4.69, 9.17) is 0 Å². The molecule has 6 heteroatoms. The van der Waals surface area contributed by atoms with Crippen LogP contribution in [0.5, 0.6) is 0 Å². The summed E-state index contributed by atoms with van der Waals surface area (Å²) in [5, 5.41) is 2.92. The highest BCUT2D eigenvalue weighted by Gasteiger charge is 2.20. The first-order valence-electron chi connectivity index (χ1n) is 9.27. The molecule has 5 nitrogen and oxygen atoms in total. The van der Waals surface area contributed by atoms with Crippen LogP contribution in [0.2, 0.25) is 0 Å². The molecule has 142 valence electrons. The lowest BCUT2D eigenvalue weighted by molar-refractivity contribution is -0.131. The van der Waals surface area contributed by atoms with E-state index in [0.717, 1.165) is 48.4 Å². The average Bonchev–Trinajstić information content (AvgIpc) is 2.69. The topological polar surface area (TPSA) is 52.7 Å². The minimum atomic E-state index is -0.140. The average molecular weight is 430 g/mol. The Morgan fingerprint density at radius 1 is 1.00 bits per heavy atom. The summed E-state index contributed by atoms with van der Waals surface area (Å²) < 4.78 is 0.773. The Balaban J connectivity index is 1.57. The first-order valence-corrected chi connectivity index (χ1v) is 10.1. The molecular formula is C21H24BrN3O2. The van der Waals surface area contributed by atoms with Crippen molar-refractivity contribution >= 4 is 39.1 Å². The normalized spacial score (nSPS) is 14.1. The van der Waals surface area contributed by atoms with Crippen molar-refractivity contribution in [1.82, 2.24) is 4.90 Å². The van der Waals surface area contributed by atoms with E-state index in [9.17, 15) is 9.59 Å². The van der Waals surface area contributed by atoms with E-state index in [2.05, 4.69) is 26.1 Å². The second-order valence-corrected chi connectivity index (χ2v) is 7.45. The van der Waals surface area contributed by atoms with Gasteiger partial charge in [0.05, 0.1) is 5.56 Å². The largest absolute Gasteiger partial charge is 0.368 e. The van der Waals surface area contributed by atoms with E-state index in [1.54, 1.807) is 6.07 Å². The molecule has 1 fully saturated rings. The summed E-state index contributed by atoms with van der Waals surface area (Å²) >= 11 is 3.40. The lowest BCUT2D eigenvalue weighted by Gasteiger charge is -2.36. The summed E-state index contributed by atoms with van der Waals surface area (Å²) in [6.07, 6.45) is 1.53. The molecule has 1 N–H and O–H groups in total. The van der Waals surface area contributed by atoms with Gasteiger partial charge >= 0.3 is 0 Å². The molecule has 0 bridgehead atoms. The van der Waals surface area contributed by atoms with Gasteiger partial charge in [-0.25, -0.2) is 0 Å². The quantitative estimate of drug-likeness (QED) is 0.776. The first kappa shape index (κ1) is 19.4. The van der Waals surface area contributed by atoms with E-state index >= 15 is 0 Å². The van der Waals surface area contributed by atoms with E-state index < -0.39 is 0 Å². The first-order chi connectivity index (χ1) is 13.1. The number of hydrogen-bond donors (Lipinski definition) is 1. The van der Waals surface area contributed by atoms with Crippen molar-refractivity contribution in [2.75, 3.05) is 36.4 Å². The molecule has 1 heterocycles. The SMILES string of the molecule is CCCC(=O)N1CCN(c2ccc(NC(=O)c3ccccc3Br)cc2)CC1. The third kappa shape index (κ3) is 4.89. The van der Waals surface area contributed by atoms with Crippen LogP contribution in [0.15, 0.2) is 53.0 Å². The Bertz CT molecular complexity index is 799. The predicted octanol–water partition coefficient (Wildman–Crippen LogP) is 4.15. The minimum absolute atomic E-state index is 0.140. The van der Waals surface area contributed by atoms with Crippen LogP contribution < -0.4 is 10.2 Å². The van der Waals surface area contributed by atoms with Crippen LogP contribution in [0, 0.1) is 0 Å². The molecule has 0 spiro atoms. The fourth-order valence-corrected chi connectivity index (χ4v) is 3.65. The molecule has 2 aromatic rings. The van der Waals surface area contributed by atoms with Gasteiger partial charge in [0.2, 0.25) is 5.91 Å². The van der Waals surface area contributed by atoms with Crippen molar-refractivity contribution in [1.29, 1.82) is 0 Å². The van der Waals surface area contributed by atoms with Crippen molar-refractivity contribution in [2.24, 2.45) is 0 Å². The lowest BCUT2D eigenvalue weighted by Crippen LogP contribution is -2.48. The number of amides is 2. The Morgan fingerprint density at radius 3 is 2.30 bits per heavy atom. The van der Waals surface area contributed by atoms with Crippen molar-refractivity contribution < 1.29 is 9.59 Å². The number of carbonyl (C=O) groups excluding carboxylic acids is 2. The van der Waals surface area contributed by atoms with E-state index in [-0.39, 0.29) is 11.8 Å². The molecule has 2 aromatic carbocycles. The van der Waals surface area contributed by atoms with Crippen LogP contribution in [0.3, 0.4) is 0 Å². The summed E-state index contributed by atoms with van der Waals surface area (Å²) in [6, 6.07) is 15.2. The van der Waals surface area contributed by atoms with Gasteiger partial charge in [0, 0.05) is 48.4 Å². The third-order valence-corrected chi connectivity index (χ3v) is 5.40. The second-order valence-electron chi connectivity index (χ2n) is 6.60. The summed E-state index contributed by atoms with van der Waals surface area (Å²) in [4.78, 5) is 28.6. The zero-order chi connectivity index (χ0) is 19.2. The summed E-state index contributed by atoms with van der Waals surface area (Å²) in [6.45, 7) is 5.22. The number of hydrogen-bond acceptors (Lipinski definition) is 3. The number of piperazine rings is 1. The van der Waals surface area contributed by atoms with Gasteiger partial charge in [-0.2, -0.15) is 0 Å². The van der Waals surface area contributed by atoms with Gasteiger partial charge in [0.25, 0.3) is 5.91 Å².